The zero-order valence-electron chi connectivity index (χ0n) is 10.7. The fourth-order valence-electron chi connectivity index (χ4n) is 1.41. The molecule has 0 bridgehead atoms. The van der Waals surface area contributed by atoms with Gasteiger partial charge in [-0.1, -0.05) is 23.2 Å². The van der Waals surface area contributed by atoms with Crippen LogP contribution in [0.2, 0.25) is 10.0 Å². The predicted octanol–water partition coefficient (Wildman–Crippen LogP) is 3.65. The summed E-state index contributed by atoms with van der Waals surface area (Å²) in [6.45, 7) is 0. The molecule has 0 fully saturated rings. The van der Waals surface area contributed by atoms with E-state index in [-0.39, 0.29) is 5.76 Å². The highest BCUT2D eigenvalue weighted by Crippen LogP contribution is 2.25. The average Bonchev–Trinajstić information content (AvgIpc) is 2.92. The van der Waals surface area contributed by atoms with E-state index >= 15 is 0 Å². The number of carbonyl (C=O) groups is 1. The Bertz CT molecular complexity index is 744. The number of hydrazone groups is 1. The predicted molar refractivity (Wildman–Crippen MR) is 81.6 cm³/mol. The molecule has 2 aromatic rings. The standard InChI is InChI=1S/C12H8Cl2N4O4/c13-7-1-3-9(14)10(5-7)16-12(19)17-15-6-8-2-4-11(22-8)18(20)21/h1-6H,(H2,16,17,19)/b15-6+. The fourth-order valence-corrected chi connectivity index (χ4v) is 1.74. The first-order valence-electron chi connectivity index (χ1n) is 5.75. The number of rotatable bonds is 4. The summed E-state index contributed by atoms with van der Waals surface area (Å²) in [5.41, 5.74) is 2.47. The molecule has 1 aromatic heterocycles. The van der Waals surface area contributed by atoms with Crippen LogP contribution >= 0.6 is 23.2 Å². The van der Waals surface area contributed by atoms with Gasteiger partial charge in [-0.2, -0.15) is 5.10 Å². The van der Waals surface area contributed by atoms with Crippen LogP contribution in [0.25, 0.3) is 0 Å². The van der Waals surface area contributed by atoms with Crippen LogP contribution in [0.3, 0.4) is 0 Å². The van der Waals surface area contributed by atoms with Gasteiger partial charge in [0.2, 0.25) is 0 Å². The Labute approximate surface area is 133 Å². The molecule has 2 amide bonds. The average molecular weight is 343 g/mol. The molecule has 8 nitrogen and oxygen atoms in total. The first-order valence-corrected chi connectivity index (χ1v) is 6.50. The van der Waals surface area contributed by atoms with Crippen molar-refractivity contribution < 1.29 is 14.1 Å². The first-order chi connectivity index (χ1) is 10.5. The maximum atomic E-state index is 11.6. The van der Waals surface area contributed by atoms with E-state index in [9.17, 15) is 14.9 Å². The van der Waals surface area contributed by atoms with E-state index in [0.29, 0.717) is 15.7 Å². The van der Waals surface area contributed by atoms with Crippen molar-refractivity contribution in [3.8, 4) is 0 Å². The number of amides is 2. The highest BCUT2D eigenvalue weighted by atomic mass is 35.5. The molecule has 0 aliphatic heterocycles. The monoisotopic (exact) mass is 342 g/mol. The van der Waals surface area contributed by atoms with E-state index in [1.54, 1.807) is 6.07 Å². The molecule has 0 aliphatic rings. The first kappa shape index (κ1) is 15.8. The lowest BCUT2D eigenvalue weighted by molar-refractivity contribution is -0.402. The van der Waals surface area contributed by atoms with Gasteiger partial charge in [-0.3, -0.25) is 10.1 Å². The van der Waals surface area contributed by atoms with Gasteiger partial charge in [-0.15, -0.1) is 0 Å². The molecule has 22 heavy (non-hydrogen) atoms. The summed E-state index contributed by atoms with van der Waals surface area (Å²) in [7, 11) is 0. The van der Waals surface area contributed by atoms with Gasteiger partial charge in [-0.25, -0.2) is 10.2 Å². The number of halogens is 2. The Kier molecular flexibility index (Phi) is 4.97. The fraction of sp³-hybridized carbons (Fsp3) is 0. The molecular formula is C12H8Cl2N4O4. The quantitative estimate of drug-likeness (QED) is 0.501. The van der Waals surface area contributed by atoms with E-state index in [0.717, 1.165) is 6.21 Å². The van der Waals surface area contributed by atoms with Crippen LogP contribution < -0.4 is 10.7 Å². The van der Waals surface area contributed by atoms with Crippen LogP contribution in [0.1, 0.15) is 5.76 Å². The van der Waals surface area contributed by atoms with Crippen molar-refractivity contribution >= 4 is 47.0 Å². The van der Waals surface area contributed by atoms with E-state index in [1.807, 2.05) is 0 Å². The minimum atomic E-state index is -0.682. The van der Waals surface area contributed by atoms with Crippen molar-refractivity contribution in [3.63, 3.8) is 0 Å². The third-order valence-electron chi connectivity index (χ3n) is 2.33. The zero-order valence-corrected chi connectivity index (χ0v) is 12.3. The maximum absolute atomic E-state index is 11.6. The highest BCUT2D eigenvalue weighted by molar-refractivity contribution is 6.35. The molecule has 2 rings (SSSR count). The van der Waals surface area contributed by atoms with Crippen molar-refractivity contribution in [2.75, 3.05) is 5.32 Å². The molecule has 2 N–H and O–H groups in total. The second-order valence-electron chi connectivity index (χ2n) is 3.88. The van der Waals surface area contributed by atoms with Crippen molar-refractivity contribution in [3.05, 3.63) is 56.3 Å². The van der Waals surface area contributed by atoms with Gasteiger partial charge in [0, 0.05) is 5.02 Å². The molecule has 0 saturated heterocycles. The molecule has 1 heterocycles. The minimum absolute atomic E-state index is 0.118. The van der Waals surface area contributed by atoms with Crippen molar-refractivity contribution in [1.82, 2.24) is 5.43 Å². The molecule has 0 atom stereocenters. The molecule has 1 aromatic carbocycles. The number of nitro groups is 1. The normalized spacial score (nSPS) is 10.6. The van der Waals surface area contributed by atoms with E-state index in [4.69, 9.17) is 27.6 Å². The number of urea groups is 1. The summed E-state index contributed by atoms with van der Waals surface area (Å²) in [5.74, 6) is -0.301. The summed E-state index contributed by atoms with van der Waals surface area (Å²) in [6.07, 6.45) is 1.12. The molecule has 0 aliphatic carbocycles. The Morgan fingerprint density at radius 3 is 2.77 bits per heavy atom. The van der Waals surface area contributed by atoms with Crippen LogP contribution in [0, 0.1) is 10.1 Å². The molecule has 0 saturated carbocycles. The number of anilines is 1. The smallest absolute Gasteiger partial charge is 0.400 e. The zero-order chi connectivity index (χ0) is 16.1. The highest BCUT2D eigenvalue weighted by Gasteiger charge is 2.10. The molecule has 0 radical (unpaired) electrons. The third-order valence-corrected chi connectivity index (χ3v) is 2.89. The second-order valence-corrected chi connectivity index (χ2v) is 4.73. The lowest BCUT2D eigenvalue weighted by Crippen LogP contribution is -2.24. The van der Waals surface area contributed by atoms with Gasteiger partial charge >= 0.3 is 11.9 Å². The maximum Gasteiger partial charge on any atom is 0.433 e. The molecule has 10 heteroatoms. The van der Waals surface area contributed by atoms with Crippen LogP contribution in [0.4, 0.5) is 16.4 Å². The van der Waals surface area contributed by atoms with Crippen molar-refractivity contribution in [2.24, 2.45) is 5.10 Å². The number of furan rings is 1. The van der Waals surface area contributed by atoms with Crippen LogP contribution in [-0.2, 0) is 0 Å². The van der Waals surface area contributed by atoms with Crippen LogP contribution in [0.15, 0.2) is 39.9 Å². The Hall–Kier alpha value is -2.58. The SMILES string of the molecule is O=C(N/N=C/c1ccc([N+](=O)[O-])o1)Nc1cc(Cl)ccc1Cl. The van der Waals surface area contributed by atoms with Crippen molar-refractivity contribution in [1.29, 1.82) is 0 Å². The van der Waals surface area contributed by atoms with Gasteiger partial charge < -0.3 is 9.73 Å². The van der Waals surface area contributed by atoms with Crippen LogP contribution in [-0.4, -0.2) is 17.2 Å². The number of benzene rings is 1. The third kappa shape index (κ3) is 4.21. The van der Waals surface area contributed by atoms with Gasteiger partial charge in [0.15, 0.2) is 5.76 Å². The van der Waals surface area contributed by atoms with Crippen LogP contribution in [0.5, 0.6) is 0 Å². The van der Waals surface area contributed by atoms with E-state index in [2.05, 4.69) is 15.8 Å². The second kappa shape index (κ2) is 6.92. The molecular weight excluding hydrogens is 335 g/mol. The number of hydrogen-bond acceptors (Lipinski definition) is 5. The Balaban J connectivity index is 1.93. The van der Waals surface area contributed by atoms with Gasteiger partial charge in [0.05, 0.1) is 23.0 Å². The number of carbonyl (C=O) groups excluding carboxylic acids is 1. The Morgan fingerprint density at radius 1 is 1.32 bits per heavy atom. The number of hydrogen-bond donors (Lipinski definition) is 2. The molecule has 114 valence electrons. The summed E-state index contributed by atoms with van der Waals surface area (Å²) in [6, 6.07) is 6.44. The summed E-state index contributed by atoms with van der Waals surface area (Å²) in [4.78, 5) is 21.3. The topological polar surface area (TPSA) is 110 Å². The summed E-state index contributed by atoms with van der Waals surface area (Å²) >= 11 is 11.7. The van der Waals surface area contributed by atoms with Gasteiger partial charge in [0.25, 0.3) is 0 Å². The van der Waals surface area contributed by atoms with Gasteiger partial charge in [-0.05, 0) is 24.3 Å². The lowest BCUT2D eigenvalue weighted by Gasteiger charge is -2.06. The van der Waals surface area contributed by atoms with Crippen molar-refractivity contribution in [2.45, 2.75) is 0 Å². The molecule has 0 spiro atoms. The largest absolute Gasteiger partial charge is 0.433 e. The van der Waals surface area contributed by atoms with E-state index in [1.165, 1.54) is 24.3 Å². The summed E-state index contributed by atoms with van der Waals surface area (Å²) in [5, 5.41) is 17.2. The van der Waals surface area contributed by atoms with E-state index < -0.39 is 16.8 Å². The lowest BCUT2D eigenvalue weighted by atomic mass is 10.3. The number of nitrogens with zero attached hydrogens (tertiary/aromatic N) is 2. The number of nitrogens with one attached hydrogen (secondary N) is 2. The minimum Gasteiger partial charge on any atom is -0.400 e. The summed E-state index contributed by atoms with van der Waals surface area (Å²) < 4.78 is 4.82. The molecule has 0 unspecified atom stereocenters. The Morgan fingerprint density at radius 2 is 2.09 bits per heavy atom. The van der Waals surface area contributed by atoms with Gasteiger partial charge in [0.1, 0.15) is 4.92 Å².